The molecule has 20 heavy (non-hydrogen) atoms. The highest BCUT2D eigenvalue weighted by molar-refractivity contribution is 5.97. The van der Waals surface area contributed by atoms with Crippen molar-refractivity contribution in [1.82, 2.24) is 15.3 Å². The van der Waals surface area contributed by atoms with Gasteiger partial charge in [-0.1, -0.05) is 13.8 Å². The maximum Gasteiger partial charge on any atom is 0.272 e. The average molecular weight is 278 g/mol. The Morgan fingerprint density at radius 2 is 2.25 bits per heavy atom. The van der Waals surface area contributed by atoms with E-state index in [0.29, 0.717) is 24.0 Å². The summed E-state index contributed by atoms with van der Waals surface area (Å²) in [4.78, 5) is 20.7. The summed E-state index contributed by atoms with van der Waals surface area (Å²) in [5, 5.41) is 2.96. The van der Waals surface area contributed by atoms with Gasteiger partial charge in [0.25, 0.3) is 5.91 Å². The summed E-state index contributed by atoms with van der Waals surface area (Å²) in [6, 6.07) is 0.0434. The molecule has 1 fully saturated rings. The van der Waals surface area contributed by atoms with Crippen LogP contribution >= 0.6 is 0 Å². The van der Waals surface area contributed by atoms with Gasteiger partial charge in [-0.15, -0.1) is 0 Å². The van der Waals surface area contributed by atoms with Gasteiger partial charge in [0, 0.05) is 24.5 Å². The Balaban J connectivity index is 2.09. The predicted octanol–water partition coefficient (Wildman–Crippen LogP) is 1.34. The highest BCUT2D eigenvalue weighted by Crippen LogP contribution is 2.18. The van der Waals surface area contributed by atoms with Crippen molar-refractivity contribution in [2.24, 2.45) is 5.92 Å². The van der Waals surface area contributed by atoms with E-state index in [1.54, 1.807) is 0 Å². The molecule has 110 valence electrons. The van der Waals surface area contributed by atoms with Crippen LogP contribution in [-0.4, -0.2) is 35.1 Å². The van der Waals surface area contributed by atoms with E-state index in [-0.39, 0.29) is 23.6 Å². The minimum atomic E-state index is -0.244. The van der Waals surface area contributed by atoms with Crippen molar-refractivity contribution >= 4 is 11.6 Å². The molecule has 1 aliphatic rings. The number of carbonyl (C=O) groups is 1. The molecule has 6 nitrogen and oxygen atoms in total. The van der Waals surface area contributed by atoms with Gasteiger partial charge >= 0.3 is 0 Å². The van der Waals surface area contributed by atoms with Crippen LogP contribution < -0.4 is 11.1 Å². The molecule has 1 aromatic heterocycles. The Bertz CT molecular complexity index is 484. The molecule has 0 aromatic carbocycles. The maximum atomic E-state index is 12.3. The molecule has 0 bridgehead atoms. The van der Waals surface area contributed by atoms with Crippen LogP contribution in [-0.2, 0) is 4.74 Å². The number of hydrogen-bond acceptors (Lipinski definition) is 5. The Morgan fingerprint density at radius 1 is 1.50 bits per heavy atom. The van der Waals surface area contributed by atoms with Gasteiger partial charge in [-0.25, -0.2) is 9.97 Å². The number of nitrogen functional groups attached to an aromatic ring is 1. The Kier molecular flexibility index (Phi) is 4.54. The molecule has 2 unspecified atom stereocenters. The standard InChI is InChI=1S/C14H22N4O2/c1-8(2)13-16-6-11(15)12(18-13)14(19)17-9(3)10-4-5-20-7-10/h6,8-10H,4-5,7,15H2,1-3H3,(H,17,19). The number of anilines is 1. The minimum absolute atomic E-state index is 0.0434. The van der Waals surface area contributed by atoms with E-state index >= 15 is 0 Å². The highest BCUT2D eigenvalue weighted by atomic mass is 16.5. The largest absolute Gasteiger partial charge is 0.396 e. The lowest BCUT2D eigenvalue weighted by atomic mass is 10.0. The van der Waals surface area contributed by atoms with Crippen LogP contribution in [0, 0.1) is 5.92 Å². The van der Waals surface area contributed by atoms with Gasteiger partial charge in [0.05, 0.1) is 18.5 Å². The van der Waals surface area contributed by atoms with Gasteiger partial charge in [-0.2, -0.15) is 0 Å². The van der Waals surface area contributed by atoms with Crippen LogP contribution in [0.25, 0.3) is 0 Å². The first kappa shape index (κ1) is 14.7. The number of nitrogens with one attached hydrogen (secondary N) is 1. The molecule has 0 saturated carbocycles. The fourth-order valence-corrected chi connectivity index (χ4v) is 2.20. The summed E-state index contributed by atoms with van der Waals surface area (Å²) in [6.45, 7) is 7.39. The first-order valence-corrected chi connectivity index (χ1v) is 7.00. The molecule has 1 saturated heterocycles. The highest BCUT2D eigenvalue weighted by Gasteiger charge is 2.25. The van der Waals surface area contributed by atoms with E-state index in [2.05, 4.69) is 15.3 Å². The third kappa shape index (κ3) is 3.25. The molecular weight excluding hydrogens is 256 g/mol. The SMILES string of the molecule is CC(C)c1ncc(N)c(C(=O)NC(C)C2CCOC2)n1. The van der Waals surface area contributed by atoms with Crippen molar-refractivity contribution in [1.29, 1.82) is 0 Å². The number of carbonyl (C=O) groups excluding carboxylic acids is 1. The number of nitrogens with two attached hydrogens (primary N) is 1. The number of ether oxygens (including phenoxy) is 1. The minimum Gasteiger partial charge on any atom is -0.396 e. The van der Waals surface area contributed by atoms with E-state index in [9.17, 15) is 4.79 Å². The summed E-state index contributed by atoms with van der Waals surface area (Å²) < 4.78 is 5.34. The Hall–Kier alpha value is -1.69. The summed E-state index contributed by atoms with van der Waals surface area (Å²) in [5.74, 6) is 0.891. The van der Waals surface area contributed by atoms with Crippen molar-refractivity contribution in [3.05, 3.63) is 17.7 Å². The summed E-state index contributed by atoms with van der Waals surface area (Å²) in [6.07, 6.45) is 2.47. The van der Waals surface area contributed by atoms with Crippen LogP contribution in [0.15, 0.2) is 6.20 Å². The van der Waals surface area contributed by atoms with E-state index in [1.807, 2.05) is 20.8 Å². The number of hydrogen-bond donors (Lipinski definition) is 2. The van der Waals surface area contributed by atoms with Crippen LogP contribution in [0.1, 0.15) is 49.4 Å². The number of rotatable bonds is 4. The molecule has 2 rings (SSSR count). The first-order valence-electron chi connectivity index (χ1n) is 7.00. The predicted molar refractivity (Wildman–Crippen MR) is 76.4 cm³/mol. The van der Waals surface area contributed by atoms with Crippen molar-refractivity contribution in [2.75, 3.05) is 18.9 Å². The lowest BCUT2D eigenvalue weighted by molar-refractivity contribution is 0.0917. The maximum absolute atomic E-state index is 12.3. The lowest BCUT2D eigenvalue weighted by Gasteiger charge is -2.19. The topological polar surface area (TPSA) is 90.1 Å². The fraction of sp³-hybridized carbons (Fsp3) is 0.643. The summed E-state index contributed by atoms with van der Waals surface area (Å²) in [5.41, 5.74) is 6.38. The average Bonchev–Trinajstić information content (AvgIpc) is 2.92. The van der Waals surface area contributed by atoms with Gasteiger partial charge in [-0.3, -0.25) is 4.79 Å². The molecule has 1 amide bonds. The van der Waals surface area contributed by atoms with Crippen molar-refractivity contribution in [3.8, 4) is 0 Å². The van der Waals surface area contributed by atoms with Crippen LogP contribution in [0.3, 0.4) is 0 Å². The van der Waals surface area contributed by atoms with E-state index < -0.39 is 0 Å². The van der Waals surface area contributed by atoms with Crippen LogP contribution in [0.2, 0.25) is 0 Å². The van der Waals surface area contributed by atoms with Gasteiger partial charge in [0.2, 0.25) is 0 Å². The van der Waals surface area contributed by atoms with E-state index in [0.717, 1.165) is 13.0 Å². The fourth-order valence-electron chi connectivity index (χ4n) is 2.20. The number of aromatic nitrogens is 2. The quantitative estimate of drug-likeness (QED) is 0.867. The molecule has 6 heteroatoms. The third-order valence-corrected chi connectivity index (χ3v) is 3.60. The molecule has 0 radical (unpaired) electrons. The molecule has 2 atom stereocenters. The molecular formula is C14H22N4O2. The van der Waals surface area contributed by atoms with Crippen LogP contribution in [0.5, 0.6) is 0 Å². The lowest BCUT2D eigenvalue weighted by Crippen LogP contribution is -2.39. The van der Waals surface area contributed by atoms with E-state index in [1.165, 1.54) is 6.20 Å². The van der Waals surface area contributed by atoms with Gasteiger partial charge in [-0.05, 0) is 13.3 Å². The second kappa shape index (κ2) is 6.17. The summed E-state index contributed by atoms with van der Waals surface area (Å²) >= 11 is 0. The van der Waals surface area contributed by atoms with Crippen molar-refractivity contribution in [3.63, 3.8) is 0 Å². The first-order chi connectivity index (χ1) is 9.49. The molecule has 3 N–H and O–H groups in total. The van der Waals surface area contributed by atoms with Crippen molar-refractivity contribution in [2.45, 2.75) is 39.2 Å². The van der Waals surface area contributed by atoms with E-state index in [4.69, 9.17) is 10.5 Å². The molecule has 0 spiro atoms. The monoisotopic (exact) mass is 278 g/mol. The molecule has 1 aliphatic heterocycles. The second-order valence-corrected chi connectivity index (χ2v) is 5.57. The zero-order valence-corrected chi connectivity index (χ0v) is 12.2. The smallest absolute Gasteiger partial charge is 0.272 e. The number of amides is 1. The Morgan fingerprint density at radius 3 is 2.85 bits per heavy atom. The zero-order valence-electron chi connectivity index (χ0n) is 12.2. The number of nitrogens with zero attached hydrogens (tertiary/aromatic N) is 2. The normalized spacial score (nSPS) is 20.1. The second-order valence-electron chi connectivity index (χ2n) is 5.57. The molecule has 0 aliphatic carbocycles. The van der Waals surface area contributed by atoms with Crippen LogP contribution in [0.4, 0.5) is 5.69 Å². The third-order valence-electron chi connectivity index (χ3n) is 3.60. The Labute approximate surface area is 119 Å². The molecule has 1 aromatic rings. The van der Waals surface area contributed by atoms with Gasteiger partial charge in [0.15, 0.2) is 5.69 Å². The van der Waals surface area contributed by atoms with Gasteiger partial charge in [0.1, 0.15) is 5.82 Å². The van der Waals surface area contributed by atoms with Gasteiger partial charge < -0.3 is 15.8 Å². The summed E-state index contributed by atoms with van der Waals surface area (Å²) in [7, 11) is 0. The molecule has 2 heterocycles. The van der Waals surface area contributed by atoms with Crippen molar-refractivity contribution < 1.29 is 9.53 Å². The zero-order chi connectivity index (χ0) is 14.7.